The second-order valence-electron chi connectivity index (χ2n) is 2.68. The van der Waals surface area contributed by atoms with Crippen molar-refractivity contribution in [1.82, 2.24) is 14.9 Å². The van der Waals surface area contributed by atoms with E-state index < -0.39 is 35.9 Å². The highest BCUT2D eigenvalue weighted by Gasteiger charge is 2.12. The number of aliphatic carboxylic acids is 1. The van der Waals surface area contributed by atoms with Crippen LogP contribution in [0.25, 0.3) is 0 Å². The molecule has 4 N–H and O–H groups in total. The Morgan fingerprint density at radius 2 is 2.25 bits per heavy atom. The molecule has 1 aromatic rings. The summed E-state index contributed by atoms with van der Waals surface area (Å²) in [5, 5.41) is 10.1. The zero-order chi connectivity index (χ0) is 12.3. The summed E-state index contributed by atoms with van der Waals surface area (Å²) >= 11 is 0. The Balaban J connectivity index is 2.96. The lowest BCUT2D eigenvalue weighted by molar-refractivity contribution is -0.135. The number of hydrogen-bond donors (Lipinski definition) is 3. The molecule has 8 nitrogen and oxygen atoms in total. The van der Waals surface area contributed by atoms with Crippen LogP contribution in [-0.4, -0.2) is 33.2 Å². The van der Waals surface area contributed by atoms with Crippen LogP contribution in [0, 0.1) is 5.82 Å². The number of carbonyl (C=O) groups is 2. The highest BCUT2D eigenvalue weighted by molar-refractivity contribution is 5.81. The Morgan fingerprint density at radius 1 is 1.62 bits per heavy atom. The summed E-state index contributed by atoms with van der Waals surface area (Å²) in [4.78, 5) is 35.4. The maximum absolute atomic E-state index is 12.9. The molecular formula is C7H7FN4O4. The summed E-state index contributed by atoms with van der Waals surface area (Å²) < 4.78 is 13.2. The molecule has 0 spiro atoms. The van der Waals surface area contributed by atoms with Crippen molar-refractivity contribution in [2.75, 3.05) is 12.3 Å². The fourth-order valence-electron chi connectivity index (χ4n) is 0.827. The number of hydrogen-bond acceptors (Lipinski definition) is 5. The molecule has 0 unspecified atom stereocenters. The summed E-state index contributed by atoms with van der Waals surface area (Å²) in [6.45, 7) is -0.697. The normalized spacial score (nSPS) is 9.81. The Labute approximate surface area is 87.5 Å². The van der Waals surface area contributed by atoms with Crippen LogP contribution < -0.4 is 16.7 Å². The van der Waals surface area contributed by atoms with Gasteiger partial charge in [0.1, 0.15) is 6.54 Å². The van der Waals surface area contributed by atoms with E-state index in [9.17, 15) is 18.8 Å². The number of nitrogen functional groups attached to an aromatic ring is 1. The third kappa shape index (κ3) is 2.53. The van der Waals surface area contributed by atoms with Crippen LogP contribution in [0.5, 0.6) is 0 Å². The highest BCUT2D eigenvalue weighted by Crippen LogP contribution is 2.00. The summed E-state index contributed by atoms with van der Waals surface area (Å²) in [6.07, 6.45) is 0.530. The van der Waals surface area contributed by atoms with Crippen LogP contribution >= 0.6 is 0 Å². The van der Waals surface area contributed by atoms with Crippen LogP contribution in [0.2, 0.25) is 0 Å². The molecule has 0 aliphatic heterocycles. The van der Waals surface area contributed by atoms with Gasteiger partial charge in [0.15, 0.2) is 11.6 Å². The number of anilines is 1. The van der Waals surface area contributed by atoms with Crippen LogP contribution in [0.4, 0.5) is 15.0 Å². The molecule has 1 rings (SSSR count). The van der Waals surface area contributed by atoms with Crippen LogP contribution in [-0.2, 0) is 4.79 Å². The maximum atomic E-state index is 12.9. The van der Waals surface area contributed by atoms with Crippen molar-refractivity contribution in [1.29, 1.82) is 0 Å². The molecule has 0 radical (unpaired) electrons. The standard InChI is InChI=1S/C7H7FN4O4/c8-3-2-12(7(16)11-5(3)9)6(15)10-1-4(13)14/h2H,1H2,(H,10,15)(H,13,14)(H2,9,11,16). The van der Waals surface area contributed by atoms with Gasteiger partial charge in [-0.3, -0.25) is 4.79 Å². The van der Waals surface area contributed by atoms with Crippen LogP contribution in [0.1, 0.15) is 0 Å². The van der Waals surface area contributed by atoms with Gasteiger partial charge in [0, 0.05) is 0 Å². The van der Waals surface area contributed by atoms with Crippen LogP contribution in [0.15, 0.2) is 11.0 Å². The molecule has 86 valence electrons. The van der Waals surface area contributed by atoms with Gasteiger partial charge in [-0.15, -0.1) is 0 Å². The molecule has 0 aliphatic carbocycles. The molecule has 0 saturated carbocycles. The number of halogens is 1. The summed E-state index contributed by atoms with van der Waals surface area (Å²) in [6, 6.07) is -1.10. The Hall–Kier alpha value is -2.45. The number of nitrogens with one attached hydrogen (secondary N) is 1. The summed E-state index contributed by atoms with van der Waals surface area (Å²) in [5.41, 5.74) is 3.89. The molecule has 0 saturated heterocycles. The average molecular weight is 230 g/mol. The molecule has 1 aromatic heterocycles. The van der Waals surface area contributed by atoms with Gasteiger partial charge < -0.3 is 16.2 Å². The molecule has 1 heterocycles. The molecule has 0 aliphatic rings. The molecule has 0 bridgehead atoms. The number of carboxylic acid groups (broad SMARTS) is 1. The Morgan fingerprint density at radius 3 is 2.81 bits per heavy atom. The van der Waals surface area contributed by atoms with Gasteiger partial charge in [-0.05, 0) is 0 Å². The molecular weight excluding hydrogens is 223 g/mol. The minimum atomic E-state index is -1.30. The molecule has 16 heavy (non-hydrogen) atoms. The van der Waals surface area contributed by atoms with E-state index in [0.29, 0.717) is 6.20 Å². The maximum Gasteiger partial charge on any atom is 0.357 e. The van der Waals surface area contributed by atoms with Gasteiger partial charge in [0.2, 0.25) is 0 Å². The second-order valence-corrected chi connectivity index (χ2v) is 2.68. The van der Waals surface area contributed by atoms with E-state index in [-0.39, 0.29) is 4.57 Å². The number of nitrogens with two attached hydrogens (primary N) is 1. The number of aromatic nitrogens is 2. The van der Waals surface area contributed by atoms with E-state index in [4.69, 9.17) is 10.8 Å². The number of nitrogens with zero attached hydrogens (tertiary/aromatic N) is 2. The molecule has 0 aromatic carbocycles. The molecule has 0 atom stereocenters. The first-order chi connectivity index (χ1) is 7.41. The first-order valence-electron chi connectivity index (χ1n) is 3.96. The second kappa shape index (κ2) is 4.38. The number of amides is 1. The van der Waals surface area contributed by atoms with E-state index >= 15 is 0 Å². The van der Waals surface area contributed by atoms with E-state index in [1.165, 1.54) is 0 Å². The van der Waals surface area contributed by atoms with E-state index in [2.05, 4.69) is 4.98 Å². The average Bonchev–Trinajstić information content (AvgIpc) is 2.20. The largest absolute Gasteiger partial charge is 0.480 e. The van der Waals surface area contributed by atoms with Gasteiger partial charge in [0.05, 0.1) is 6.20 Å². The van der Waals surface area contributed by atoms with Crippen molar-refractivity contribution in [2.45, 2.75) is 0 Å². The van der Waals surface area contributed by atoms with Crippen molar-refractivity contribution < 1.29 is 19.1 Å². The number of carboxylic acids is 1. The van der Waals surface area contributed by atoms with Crippen molar-refractivity contribution in [2.24, 2.45) is 0 Å². The third-order valence-electron chi connectivity index (χ3n) is 1.52. The van der Waals surface area contributed by atoms with Crippen LogP contribution in [0.3, 0.4) is 0 Å². The first kappa shape index (κ1) is 11.6. The smallest absolute Gasteiger partial charge is 0.357 e. The van der Waals surface area contributed by atoms with E-state index in [1.54, 1.807) is 0 Å². The predicted octanol–water partition coefficient (Wildman–Crippen LogP) is -1.39. The first-order valence-corrected chi connectivity index (χ1v) is 3.96. The van der Waals surface area contributed by atoms with Crippen molar-refractivity contribution in [3.63, 3.8) is 0 Å². The fraction of sp³-hybridized carbons (Fsp3) is 0.143. The lowest BCUT2D eigenvalue weighted by Crippen LogP contribution is -2.39. The van der Waals surface area contributed by atoms with Gasteiger partial charge in [-0.1, -0.05) is 0 Å². The Bertz CT molecular complexity index is 498. The van der Waals surface area contributed by atoms with E-state index in [0.717, 1.165) is 0 Å². The topological polar surface area (TPSA) is 127 Å². The minimum Gasteiger partial charge on any atom is -0.480 e. The van der Waals surface area contributed by atoms with Crippen molar-refractivity contribution in [3.8, 4) is 0 Å². The summed E-state index contributed by atoms with van der Waals surface area (Å²) in [5.74, 6) is -2.98. The predicted molar refractivity (Wildman–Crippen MR) is 49.3 cm³/mol. The lowest BCUT2D eigenvalue weighted by Gasteiger charge is -2.04. The quantitative estimate of drug-likeness (QED) is 0.573. The van der Waals surface area contributed by atoms with Gasteiger partial charge >= 0.3 is 17.7 Å². The lowest BCUT2D eigenvalue weighted by atomic mass is 10.5. The zero-order valence-electron chi connectivity index (χ0n) is 7.81. The van der Waals surface area contributed by atoms with Crippen molar-refractivity contribution in [3.05, 3.63) is 22.5 Å². The molecule has 9 heteroatoms. The highest BCUT2D eigenvalue weighted by atomic mass is 19.1. The minimum absolute atomic E-state index is 0.286. The van der Waals surface area contributed by atoms with E-state index in [1.807, 2.05) is 5.32 Å². The third-order valence-corrected chi connectivity index (χ3v) is 1.52. The fourth-order valence-corrected chi connectivity index (χ4v) is 0.827. The summed E-state index contributed by atoms with van der Waals surface area (Å²) in [7, 11) is 0. The van der Waals surface area contributed by atoms with Gasteiger partial charge in [-0.2, -0.15) is 4.98 Å². The monoisotopic (exact) mass is 230 g/mol. The number of rotatable bonds is 2. The Kier molecular flexibility index (Phi) is 3.18. The molecule has 0 fully saturated rings. The SMILES string of the molecule is Nc1nc(=O)n(C(=O)NCC(=O)O)cc1F. The van der Waals surface area contributed by atoms with Gasteiger partial charge in [0.25, 0.3) is 0 Å². The number of carbonyl (C=O) groups excluding carboxylic acids is 1. The molecule has 1 amide bonds. The zero-order valence-corrected chi connectivity index (χ0v) is 7.81. The van der Waals surface area contributed by atoms with Crippen molar-refractivity contribution >= 4 is 17.8 Å². The van der Waals surface area contributed by atoms with Gasteiger partial charge in [-0.25, -0.2) is 18.5 Å².